The lowest BCUT2D eigenvalue weighted by Crippen LogP contribution is -2.26. The Bertz CT molecular complexity index is 646. The molecule has 0 radical (unpaired) electrons. The lowest BCUT2D eigenvalue weighted by Gasteiger charge is -2.18. The van der Waals surface area contributed by atoms with Gasteiger partial charge in [0.1, 0.15) is 5.82 Å². The van der Waals surface area contributed by atoms with E-state index in [1.165, 1.54) is 11.0 Å². The van der Waals surface area contributed by atoms with Gasteiger partial charge in [-0.2, -0.15) is 0 Å². The lowest BCUT2D eigenvalue weighted by molar-refractivity contribution is 0.0783. The monoisotopic (exact) mass is 399 g/mol. The highest BCUT2D eigenvalue weighted by molar-refractivity contribution is 9.11. The van der Waals surface area contributed by atoms with Crippen LogP contribution in [0.15, 0.2) is 51.4 Å². The van der Waals surface area contributed by atoms with Gasteiger partial charge in [-0.1, -0.05) is 34.1 Å². The fourth-order valence-corrected chi connectivity index (χ4v) is 3.04. The predicted octanol–water partition coefficient (Wildman–Crippen LogP) is 4.62. The normalized spacial score (nSPS) is 10.4. The van der Waals surface area contributed by atoms with Crippen molar-refractivity contribution in [3.05, 3.63) is 68.4 Å². The summed E-state index contributed by atoms with van der Waals surface area (Å²) in [6.45, 7) is 0.230. The maximum atomic E-state index is 13.6. The van der Waals surface area contributed by atoms with Gasteiger partial charge in [0.05, 0.1) is 5.56 Å². The lowest BCUT2D eigenvalue weighted by atomic mass is 10.1. The highest BCUT2D eigenvalue weighted by Crippen LogP contribution is 2.23. The van der Waals surface area contributed by atoms with Crippen molar-refractivity contribution in [1.82, 2.24) is 4.90 Å². The van der Waals surface area contributed by atoms with Crippen LogP contribution >= 0.6 is 31.9 Å². The molecule has 20 heavy (non-hydrogen) atoms. The molecule has 5 heteroatoms. The van der Waals surface area contributed by atoms with Crippen molar-refractivity contribution in [3.63, 3.8) is 0 Å². The molecular weight excluding hydrogens is 389 g/mol. The number of amides is 1. The second-order valence-corrected chi connectivity index (χ2v) is 6.15. The van der Waals surface area contributed by atoms with Crippen molar-refractivity contribution >= 4 is 37.8 Å². The Balaban J connectivity index is 2.19. The van der Waals surface area contributed by atoms with E-state index in [-0.39, 0.29) is 18.3 Å². The molecule has 0 aliphatic carbocycles. The predicted molar refractivity (Wildman–Crippen MR) is 84.0 cm³/mol. The molecule has 2 nitrogen and oxygen atoms in total. The van der Waals surface area contributed by atoms with Gasteiger partial charge < -0.3 is 4.90 Å². The van der Waals surface area contributed by atoms with E-state index in [1.54, 1.807) is 37.4 Å². The molecule has 0 heterocycles. The minimum absolute atomic E-state index is 0.160. The summed E-state index contributed by atoms with van der Waals surface area (Å²) < 4.78 is 15.2. The zero-order chi connectivity index (χ0) is 14.7. The second kappa shape index (κ2) is 6.50. The summed E-state index contributed by atoms with van der Waals surface area (Å²) in [7, 11) is 1.66. The van der Waals surface area contributed by atoms with Gasteiger partial charge in [0.15, 0.2) is 0 Å². The molecule has 0 atom stereocenters. The van der Waals surface area contributed by atoms with Gasteiger partial charge >= 0.3 is 0 Å². The van der Waals surface area contributed by atoms with Crippen LogP contribution in [0.4, 0.5) is 4.39 Å². The van der Waals surface area contributed by atoms with Crippen molar-refractivity contribution in [2.75, 3.05) is 7.05 Å². The van der Waals surface area contributed by atoms with Crippen LogP contribution in [0.1, 0.15) is 15.9 Å². The van der Waals surface area contributed by atoms with E-state index in [4.69, 9.17) is 0 Å². The standard InChI is InChI=1S/C15H12Br2FNO/c1-19(9-10-4-2-3-5-14(10)18)15(20)12-7-6-11(16)8-13(12)17/h2-8H,9H2,1H3. The first kappa shape index (κ1) is 15.2. The van der Waals surface area contributed by atoms with Crippen molar-refractivity contribution < 1.29 is 9.18 Å². The number of carbonyl (C=O) groups is 1. The van der Waals surface area contributed by atoms with Gasteiger partial charge in [0.2, 0.25) is 0 Å². The Kier molecular flexibility index (Phi) is 4.94. The molecule has 104 valence electrons. The Hall–Kier alpha value is -1.20. The maximum Gasteiger partial charge on any atom is 0.255 e. The average Bonchev–Trinajstić information content (AvgIpc) is 2.40. The molecule has 0 saturated heterocycles. The fraction of sp³-hybridized carbons (Fsp3) is 0.133. The number of hydrogen-bond acceptors (Lipinski definition) is 1. The summed E-state index contributed by atoms with van der Waals surface area (Å²) in [5, 5.41) is 0. The Morgan fingerprint density at radius 3 is 2.55 bits per heavy atom. The fourth-order valence-electron chi connectivity index (χ4n) is 1.82. The maximum absolute atomic E-state index is 13.6. The van der Waals surface area contributed by atoms with Gasteiger partial charge in [-0.25, -0.2) is 4.39 Å². The summed E-state index contributed by atoms with van der Waals surface area (Å²) in [6, 6.07) is 11.8. The van der Waals surface area contributed by atoms with E-state index >= 15 is 0 Å². The third kappa shape index (κ3) is 3.46. The van der Waals surface area contributed by atoms with Crippen LogP contribution in [-0.2, 0) is 6.54 Å². The van der Waals surface area contributed by atoms with Crippen LogP contribution in [-0.4, -0.2) is 17.9 Å². The number of nitrogens with zero attached hydrogens (tertiary/aromatic N) is 1. The minimum Gasteiger partial charge on any atom is -0.337 e. The first-order valence-electron chi connectivity index (χ1n) is 5.93. The topological polar surface area (TPSA) is 20.3 Å². The number of benzene rings is 2. The van der Waals surface area contributed by atoms with Crippen LogP contribution in [0.5, 0.6) is 0 Å². The van der Waals surface area contributed by atoms with E-state index in [0.717, 1.165) is 4.47 Å². The highest BCUT2D eigenvalue weighted by Gasteiger charge is 2.16. The van der Waals surface area contributed by atoms with Crippen molar-refractivity contribution in [3.8, 4) is 0 Å². The Morgan fingerprint density at radius 1 is 1.20 bits per heavy atom. The SMILES string of the molecule is CN(Cc1ccccc1F)C(=O)c1ccc(Br)cc1Br. The molecule has 0 saturated carbocycles. The van der Waals surface area contributed by atoms with Gasteiger partial charge in [-0.05, 0) is 40.2 Å². The van der Waals surface area contributed by atoms with Crippen LogP contribution in [0.2, 0.25) is 0 Å². The van der Waals surface area contributed by atoms with Gasteiger partial charge in [0.25, 0.3) is 5.91 Å². The van der Waals surface area contributed by atoms with E-state index in [2.05, 4.69) is 31.9 Å². The molecule has 0 spiro atoms. The molecule has 2 rings (SSSR count). The Morgan fingerprint density at radius 2 is 1.90 bits per heavy atom. The quantitative estimate of drug-likeness (QED) is 0.735. The highest BCUT2D eigenvalue weighted by atomic mass is 79.9. The molecule has 0 aliphatic rings. The van der Waals surface area contributed by atoms with Crippen LogP contribution < -0.4 is 0 Å². The molecule has 0 unspecified atom stereocenters. The molecule has 2 aromatic rings. The first-order valence-corrected chi connectivity index (χ1v) is 7.51. The van der Waals surface area contributed by atoms with Gasteiger partial charge in [0, 0.05) is 28.1 Å². The molecule has 0 fully saturated rings. The first-order chi connectivity index (χ1) is 9.49. The minimum atomic E-state index is -0.304. The zero-order valence-corrected chi connectivity index (χ0v) is 13.9. The third-order valence-corrected chi connectivity index (χ3v) is 4.02. The van der Waals surface area contributed by atoms with Gasteiger partial charge in [-0.15, -0.1) is 0 Å². The van der Waals surface area contributed by atoms with Gasteiger partial charge in [-0.3, -0.25) is 4.79 Å². The summed E-state index contributed by atoms with van der Waals surface area (Å²) in [5.41, 5.74) is 1.05. The Labute approximate surface area is 133 Å². The summed E-state index contributed by atoms with van der Waals surface area (Å²) in [4.78, 5) is 13.8. The molecule has 0 N–H and O–H groups in total. The van der Waals surface area contributed by atoms with E-state index < -0.39 is 0 Å². The smallest absolute Gasteiger partial charge is 0.255 e. The number of carbonyl (C=O) groups excluding carboxylic acids is 1. The molecule has 0 aromatic heterocycles. The van der Waals surface area contributed by atoms with E-state index in [0.29, 0.717) is 15.6 Å². The second-order valence-electron chi connectivity index (χ2n) is 4.38. The largest absolute Gasteiger partial charge is 0.337 e. The average molecular weight is 401 g/mol. The number of hydrogen-bond donors (Lipinski definition) is 0. The molecule has 2 aromatic carbocycles. The third-order valence-electron chi connectivity index (χ3n) is 2.87. The van der Waals surface area contributed by atoms with Crippen LogP contribution in [0.3, 0.4) is 0 Å². The summed E-state index contributed by atoms with van der Waals surface area (Å²) in [6.07, 6.45) is 0. The van der Waals surface area contributed by atoms with Crippen molar-refractivity contribution in [2.24, 2.45) is 0 Å². The molecule has 0 aliphatic heterocycles. The van der Waals surface area contributed by atoms with Crippen LogP contribution in [0.25, 0.3) is 0 Å². The zero-order valence-electron chi connectivity index (χ0n) is 10.7. The number of rotatable bonds is 3. The van der Waals surface area contributed by atoms with Crippen LogP contribution in [0, 0.1) is 5.82 Å². The number of halogens is 3. The molecule has 1 amide bonds. The van der Waals surface area contributed by atoms with E-state index in [1.807, 2.05) is 6.07 Å². The van der Waals surface area contributed by atoms with E-state index in [9.17, 15) is 9.18 Å². The summed E-state index contributed by atoms with van der Waals surface area (Å²) >= 11 is 6.71. The van der Waals surface area contributed by atoms with Crippen molar-refractivity contribution in [1.29, 1.82) is 0 Å². The molecule has 0 bridgehead atoms. The van der Waals surface area contributed by atoms with Crippen molar-refractivity contribution in [2.45, 2.75) is 6.54 Å². The molecular formula is C15H12Br2FNO. The summed E-state index contributed by atoms with van der Waals surface area (Å²) in [5.74, 6) is -0.463.